The van der Waals surface area contributed by atoms with Gasteiger partial charge in [0.05, 0.1) is 5.69 Å². The molecule has 1 atom stereocenters. The molecule has 0 saturated carbocycles. The van der Waals surface area contributed by atoms with Gasteiger partial charge in [-0.1, -0.05) is 6.92 Å². The maximum atomic E-state index is 4.64. The van der Waals surface area contributed by atoms with Crippen molar-refractivity contribution >= 4 is 0 Å². The van der Waals surface area contributed by atoms with Crippen LogP contribution >= 0.6 is 0 Å². The quantitative estimate of drug-likeness (QED) is 0.879. The average molecular weight is 272 g/mol. The number of pyridine rings is 1. The smallest absolute Gasteiger partial charge is 0.0643 e. The predicted octanol–water partition coefficient (Wildman–Crippen LogP) is 3.06. The van der Waals surface area contributed by atoms with E-state index in [2.05, 4.69) is 61.4 Å². The number of hydrogen-bond acceptors (Lipinski definition) is 3. The molecule has 0 fully saturated rings. The van der Waals surface area contributed by atoms with Gasteiger partial charge in [-0.15, -0.1) is 0 Å². The van der Waals surface area contributed by atoms with Gasteiger partial charge in [-0.05, 0) is 50.6 Å². The van der Waals surface area contributed by atoms with E-state index in [9.17, 15) is 0 Å². The highest BCUT2D eigenvalue weighted by atomic mass is 15.3. The molecule has 1 unspecified atom stereocenters. The summed E-state index contributed by atoms with van der Waals surface area (Å²) in [5.74, 6) is 0. The predicted molar refractivity (Wildman–Crippen MR) is 81.7 cm³/mol. The van der Waals surface area contributed by atoms with E-state index in [-0.39, 0.29) is 6.04 Å². The van der Waals surface area contributed by atoms with E-state index >= 15 is 0 Å². The minimum Gasteiger partial charge on any atom is -0.310 e. The minimum absolute atomic E-state index is 0.268. The molecule has 0 amide bonds. The Morgan fingerprint density at radius 2 is 2.10 bits per heavy atom. The maximum absolute atomic E-state index is 4.64. The van der Waals surface area contributed by atoms with Crippen LogP contribution in [0.15, 0.2) is 30.7 Å². The molecule has 0 aliphatic heterocycles. The van der Waals surface area contributed by atoms with Crippen molar-refractivity contribution in [3.63, 3.8) is 0 Å². The molecule has 20 heavy (non-hydrogen) atoms. The number of nitrogens with one attached hydrogen (secondary N) is 1. The van der Waals surface area contributed by atoms with Gasteiger partial charge >= 0.3 is 0 Å². The van der Waals surface area contributed by atoms with E-state index in [4.69, 9.17) is 0 Å². The number of aromatic nitrogens is 3. The normalized spacial score (nSPS) is 12.8. The van der Waals surface area contributed by atoms with Crippen molar-refractivity contribution in [2.45, 2.75) is 46.2 Å². The lowest BCUT2D eigenvalue weighted by Gasteiger charge is -2.19. The Morgan fingerprint density at radius 3 is 2.70 bits per heavy atom. The van der Waals surface area contributed by atoms with Gasteiger partial charge in [-0.2, -0.15) is 5.10 Å². The number of likely N-dealkylation sites (N-methyl/N-ethyl adjacent to an activating group) is 1. The summed E-state index contributed by atoms with van der Waals surface area (Å²) in [6.45, 7) is 9.48. The van der Waals surface area contributed by atoms with Crippen LogP contribution in [0.3, 0.4) is 0 Å². The second-order valence-electron chi connectivity index (χ2n) is 5.43. The Labute approximate surface area is 121 Å². The molecule has 2 heterocycles. The van der Waals surface area contributed by atoms with Crippen LogP contribution in [0.5, 0.6) is 0 Å². The fraction of sp³-hybridized carbons (Fsp3) is 0.500. The fourth-order valence-corrected chi connectivity index (χ4v) is 2.36. The van der Waals surface area contributed by atoms with Crippen molar-refractivity contribution in [3.05, 3.63) is 47.5 Å². The first-order valence-corrected chi connectivity index (χ1v) is 7.29. The van der Waals surface area contributed by atoms with Crippen molar-refractivity contribution in [2.75, 3.05) is 6.54 Å². The van der Waals surface area contributed by atoms with Crippen molar-refractivity contribution < 1.29 is 0 Å². The van der Waals surface area contributed by atoms with E-state index in [0.29, 0.717) is 6.04 Å². The first kappa shape index (κ1) is 14.7. The zero-order chi connectivity index (χ0) is 14.5. The van der Waals surface area contributed by atoms with Crippen molar-refractivity contribution in [2.24, 2.45) is 0 Å². The maximum Gasteiger partial charge on any atom is 0.0643 e. The monoisotopic (exact) mass is 272 g/mol. The Bertz CT molecular complexity index is 545. The standard InChI is InChI=1S/C16H24N4/c1-5-18-16(15-11-17-8-6-13(15)4)10-14-7-9-20(19-14)12(2)3/h6-9,11-12,16,18H,5,10H2,1-4H3. The summed E-state index contributed by atoms with van der Waals surface area (Å²) in [4.78, 5) is 4.26. The Kier molecular flexibility index (Phi) is 4.90. The molecule has 2 aromatic heterocycles. The fourth-order valence-electron chi connectivity index (χ4n) is 2.36. The summed E-state index contributed by atoms with van der Waals surface area (Å²) in [5.41, 5.74) is 3.65. The van der Waals surface area contributed by atoms with E-state index in [1.165, 1.54) is 11.1 Å². The summed E-state index contributed by atoms with van der Waals surface area (Å²) >= 11 is 0. The molecule has 0 saturated heterocycles. The van der Waals surface area contributed by atoms with Crippen LogP contribution in [0.1, 0.15) is 49.7 Å². The van der Waals surface area contributed by atoms with Crippen LogP contribution in [0.2, 0.25) is 0 Å². The lowest BCUT2D eigenvalue weighted by Crippen LogP contribution is -2.24. The van der Waals surface area contributed by atoms with Crippen molar-refractivity contribution in [3.8, 4) is 0 Å². The molecular formula is C16H24N4. The molecule has 4 nitrogen and oxygen atoms in total. The first-order chi connectivity index (χ1) is 9.61. The molecule has 108 valence electrons. The van der Waals surface area contributed by atoms with Crippen LogP contribution in [-0.2, 0) is 6.42 Å². The number of hydrogen-bond donors (Lipinski definition) is 1. The molecule has 2 rings (SSSR count). The van der Waals surface area contributed by atoms with Crippen molar-refractivity contribution in [1.82, 2.24) is 20.1 Å². The zero-order valence-corrected chi connectivity index (χ0v) is 12.8. The molecule has 0 aliphatic carbocycles. The lowest BCUT2D eigenvalue weighted by molar-refractivity contribution is 0.505. The Hall–Kier alpha value is -1.68. The molecule has 2 aromatic rings. The topological polar surface area (TPSA) is 42.7 Å². The average Bonchev–Trinajstić information content (AvgIpc) is 2.88. The highest BCUT2D eigenvalue weighted by molar-refractivity contribution is 5.26. The molecule has 0 aromatic carbocycles. The van der Waals surface area contributed by atoms with Crippen molar-refractivity contribution in [1.29, 1.82) is 0 Å². The summed E-state index contributed by atoms with van der Waals surface area (Å²) in [6.07, 6.45) is 6.75. The van der Waals surface area contributed by atoms with Gasteiger partial charge in [0, 0.05) is 37.1 Å². The van der Waals surface area contributed by atoms with Crippen LogP contribution in [0.4, 0.5) is 0 Å². The third-order valence-corrected chi connectivity index (χ3v) is 3.51. The second-order valence-corrected chi connectivity index (χ2v) is 5.43. The van der Waals surface area contributed by atoms with Gasteiger partial charge in [0.15, 0.2) is 0 Å². The Balaban J connectivity index is 2.19. The molecule has 0 bridgehead atoms. The highest BCUT2D eigenvalue weighted by Crippen LogP contribution is 2.20. The van der Waals surface area contributed by atoms with E-state index < -0.39 is 0 Å². The molecule has 4 heteroatoms. The second kappa shape index (κ2) is 6.66. The summed E-state index contributed by atoms with van der Waals surface area (Å²) in [6, 6.07) is 4.84. The van der Waals surface area contributed by atoms with Crippen LogP contribution in [-0.4, -0.2) is 21.3 Å². The summed E-state index contributed by atoms with van der Waals surface area (Å²) in [7, 11) is 0. The van der Waals surface area contributed by atoms with E-state index in [1.807, 2.05) is 17.1 Å². The lowest BCUT2D eigenvalue weighted by atomic mass is 10.00. The van der Waals surface area contributed by atoms with Gasteiger partial charge in [-0.25, -0.2) is 0 Å². The van der Waals surface area contributed by atoms with Gasteiger partial charge in [0.2, 0.25) is 0 Å². The van der Waals surface area contributed by atoms with Crippen LogP contribution < -0.4 is 5.32 Å². The van der Waals surface area contributed by atoms with Gasteiger partial charge in [0.1, 0.15) is 0 Å². The zero-order valence-electron chi connectivity index (χ0n) is 12.8. The number of aryl methyl sites for hydroxylation is 1. The summed E-state index contributed by atoms with van der Waals surface area (Å²) < 4.78 is 2.01. The minimum atomic E-state index is 0.268. The SMILES string of the molecule is CCNC(Cc1ccn(C(C)C)n1)c1cnccc1C. The molecule has 0 spiro atoms. The van der Waals surface area contributed by atoms with Gasteiger partial charge < -0.3 is 5.32 Å². The largest absolute Gasteiger partial charge is 0.310 e. The molecular weight excluding hydrogens is 248 g/mol. The van der Waals surface area contributed by atoms with Crippen LogP contribution in [0, 0.1) is 6.92 Å². The van der Waals surface area contributed by atoms with E-state index in [0.717, 1.165) is 18.7 Å². The summed E-state index contributed by atoms with van der Waals surface area (Å²) in [5, 5.41) is 8.18. The molecule has 0 radical (unpaired) electrons. The first-order valence-electron chi connectivity index (χ1n) is 7.29. The molecule has 0 aliphatic rings. The van der Waals surface area contributed by atoms with E-state index in [1.54, 1.807) is 0 Å². The third-order valence-electron chi connectivity index (χ3n) is 3.51. The Morgan fingerprint density at radius 1 is 1.30 bits per heavy atom. The number of rotatable bonds is 6. The highest BCUT2D eigenvalue weighted by Gasteiger charge is 2.15. The van der Waals surface area contributed by atoms with Crippen LogP contribution in [0.25, 0.3) is 0 Å². The molecule has 1 N–H and O–H groups in total. The third kappa shape index (κ3) is 3.45. The number of nitrogens with zero attached hydrogens (tertiary/aromatic N) is 3. The van der Waals surface area contributed by atoms with Gasteiger partial charge in [-0.3, -0.25) is 9.67 Å². The van der Waals surface area contributed by atoms with Gasteiger partial charge in [0.25, 0.3) is 0 Å².